The van der Waals surface area contributed by atoms with Crippen LogP contribution in [0.25, 0.3) is 0 Å². The summed E-state index contributed by atoms with van der Waals surface area (Å²) in [6, 6.07) is 15.5. The quantitative estimate of drug-likeness (QED) is 0.850. The van der Waals surface area contributed by atoms with Crippen molar-refractivity contribution in [2.75, 3.05) is 10.6 Å². The molecule has 0 unspecified atom stereocenters. The molecule has 1 aliphatic heterocycles. The topological polar surface area (TPSA) is 58.2 Å². The lowest BCUT2D eigenvalue weighted by Gasteiger charge is -2.27. The summed E-state index contributed by atoms with van der Waals surface area (Å²) in [6.07, 6.45) is 0. The minimum atomic E-state index is -0.442. The van der Waals surface area contributed by atoms with Crippen LogP contribution in [0, 0.1) is 5.92 Å². The SMILES string of the molecule is CC(C)c1ccc(NC(=O)[C@H](C)[C@@H]2Sc3ccccc3NC2=O)cc1. The second-order valence-corrected chi connectivity index (χ2v) is 7.76. The number of benzene rings is 2. The summed E-state index contributed by atoms with van der Waals surface area (Å²) >= 11 is 1.45. The average Bonchev–Trinajstić information content (AvgIpc) is 2.61. The lowest BCUT2D eigenvalue weighted by Crippen LogP contribution is -2.39. The molecule has 2 atom stereocenters. The van der Waals surface area contributed by atoms with Gasteiger partial charge in [-0.15, -0.1) is 11.8 Å². The van der Waals surface area contributed by atoms with Crippen molar-refractivity contribution in [2.45, 2.75) is 36.8 Å². The van der Waals surface area contributed by atoms with Gasteiger partial charge in [-0.05, 0) is 35.7 Å². The zero-order valence-corrected chi connectivity index (χ0v) is 15.4. The lowest BCUT2D eigenvalue weighted by atomic mass is 10.0. The Kier molecular flexibility index (Phi) is 5.13. The Balaban J connectivity index is 1.69. The fraction of sp³-hybridized carbons (Fsp3) is 0.300. The highest BCUT2D eigenvalue weighted by molar-refractivity contribution is 8.01. The molecule has 0 saturated heterocycles. The Labute approximate surface area is 152 Å². The number of carbonyl (C=O) groups excluding carboxylic acids is 2. The smallest absolute Gasteiger partial charge is 0.238 e. The van der Waals surface area contributed by atoms with E-state index in [4.69, 9.17) is 0 Å². The third-order valence-corrected chi connectivity index (χ3v) is 5.86. The van der Waals surface area contributed by atoms with Gasteiger partial charge in [-0.3, -0.25) is 9.59 Å². The number of anilines is 2. The molecule has 1 aliphatic rings. The Hall–Kier alpha value is -2.27. The van der Waals surface area contributed by atoms with Gasteiger partial charge in [0.2, 0.25) is 11.8 Å². The minimum Gasteiger partial charge on any atom is -0.326 e. The number of amides is 2. The number of hydrogen-bond acceptors (Lipinski definition) is 3. The molecule has 0 aliphatic carbocycles. The van der Waals surface area contributed by atoms with Crippen molar-refractivity contribution in [2.24, 2.45) is 5.92 Å². The summed E-state index contributed by atoms with van der Waals surface area (Å²) in [4.78, 5) is 25.9. The highest BCUT2D eigenvalue weighted by Crippen LogP contribution is 2.38. The monoisotopic (exact) mass is 354 g/mol. The summed E-state index contributed by atoms with van der Waals surface area (Å²) in [5.74, 6) is -0.264. The molecule has 130 valence electrons. The van der Waals surface area contributed by atoms with Crippen LogP contribution < -0.4 is 10.6 Å². The van der Waals surface area contributed by atoms with Gasteiger partial charge in [-0.1, -0.05) is 45.0 Å². The molecule has 2 aromatic carbocycles. The molecule has 0 saturated carbocycles. The number of carbonyl (C=O) groups is 2. The molecule has 1 heterocycles. The van der Waals surface area contributed by atoms with Crippen molar-refractivity contribution in [1.82, 2.24) is 0 Å². The van der Waals surface area contributed by atoms with Crippen LogP contribution in [0.3, 0.4) is 0 Å². The third kappa shape index (κ3) is 3.87. The average molecular weight is 354 g/mol. The van der Waals surface area contributed by atoms with E-state index in [9.17, 15) is 9.59 Å². The highest BCUT2D eigenvalue weighted by Gasteiger charge is 2.35. The lowest BCUT2D eigenvalue weighted by molar-refractivity contribution is -0.123. The standard InChI is InChI=1S/C20H22N2O2S/c1-12(2)14-8-10-15(11-9-14)21-19(23)13(3)18-20(24)22-16-6-4-5-7-17(16)25-18/h4-13,18H,1-3H3,(H,21,23)(H,22,24)/t13-,18+/m1/s1. The van der Waals surface area contributed by atoms with E-state index in [1.165, 1.54) is 17.3 Å². The molecule has 0 spiro atoms. The molecule has 0 bridgehead atoms. The van der Waals surface area contributed by atoms with Crippen LogP contribution in [0.2, 0.25) is 0 Å². The Morgan fingerprint density at radius 3 is 2.44 bits per heavy atom. The maximum atomic E-state index is 12.6. The predicted molar refractivity (Wildman–Crippen MR) is 103 cm³/mol. The van der Waals surface area contributed by atoms with Crippen molar-refractivity contribution < 1.29 is 9.59 Å². The van der Waals surface area contributed by atoms with E-state index in [1.54, 1.807) is 6.92 Å². The van der Waals surface area contributed by atoms with E-state index in [2.05, 4.69) is 24.5 Å². The van der Waals surface area contributed by atoms with Crippen LogP contribution >= 0.6 is 11.8 Å². The summed E-state index contributed by atoms with van der Waals surface area (Å²) in [5.41, 5.74) is 2.79. The first-order valence-electron chi connectivity index (χ1n) is 8.43. The molecule has 4 nitrogen and oxygen atoms in total. The first kappa shape index (κ1) is 17.5. The molecule has 0 aromatic heterocycles. The van der Waals surface area contributed by atoms with Gasteiger partial charge < -0.3 is 10.6 Å². The molecule has 25 heavy (non-hydrogen) atoms. The summed E-state index contributed by atoms with van der Waals surface area (Å²) in [6.45, 7) is 6.06. The van der Waals surface area contributed by atoms with Crippen LogP contribution in [0.1, 0.15) is 32.3 Å². The fourth-order valence-electron chi connectivity index (χ4n) is 2.74. The van der Waals surface area contributed by atoms with Crippen molar-refractivity contribution in [3.05, 3.63) is 54.1 Å². The molecule has 0 radical (unpaired) electrons. The van der Waals surface area contributed by atoms with Gasteiger partial charge in [-0.25, -0.2) is 0 Å². The third-order valence-electron chi connectivity index (χ3n) is 4.37. The van der Waals surface area contributed by atoms with E-state index >= 15 is 0 Å². The molecular formula is C20H22N2O2S. The number of hydrogen-bond donors (Lipinski definition) is 2. The van der Waals surface area contributed by atoms with Gasteiger partial charge in [0.15, 0.2) is 0 Å². The molecular weight excluding hydrogens is 332 g/mol. The van der Waals surface area contributed by atoms with Gasteiger partial charge in [0.25, 0.3) is 0 Å². The Bertz CT molecular complexity index is 787. The summed E-state index contributed by atoms with van der Waals surface area (Å²) < 4.78 is 0. The van der Waals surface area contributed by atoms with E-state index in [-0.39, 0.29) is 11.8 Å². The predicted octanol–water partition coefficient (Wildman–Crippen LogP) is 4.50. The summed E-state index contributed by atoms with van der Waals surface area (Å²) in [7, 11) is 0. The van der Waals surface area contributed by atoms with Gasteiger partial charge >= 0.3 is 0 Å². The second kappa shape index (κ2) is 7.31. The van der Waals surface area contributed by atoms with Crippen LogP contribution in [0.15, 0.2) is 53.4 Å². The highest BCUT2D eigenvalue weighted by atomic mass is 32.2. The number of fused-ring (bicyclic) bond motifs is 1. The Morgan fingerprint density at radius 1 is 1.08 bits per heavy atom. The van der Waals surface area contributed by atoms with Crippen molar-refractivity contribution in [3.63, 3.8) is 0 Å². The van der Waals surface area contributed by atoms with Gasteiger partial charge in [0, 0.05) is 10.6 Å². The molecule has 2 N–H and O–H groups in total. The molecule has 0 fully saturated rings. The number of rotatable bonds is 4. The number of nitrogens with one attached hydrogen (secondary N) is 2. The van der Waals surface area contributed by atoms with Gasteiger partial charge in [0.05, 0.1) is 16.9 Å². The molecule has 5 heteroatoms. The van der Waals surface area contributed by atoms with E-state index in [0.717, 1.165) is 16.3 Å². The largest absolute Gasteiger partial charge is 0.326 e. The van der Waals surface area contributed by atoms with E-state index < -0.39 is 11.2 Å². The normalized spacial score (nSPS) is 17.6. The summed E-state index contributed by atoms with van der Waals surface area (Å²) in [5, 5.41) is 5.37. The maximum absolute atomic E-state index is 12.6. The fourth-order valence-corrected chi connectivity index (χ4v) is 3.91. The molecule has 2 amide bonds. The van der Waals surface area contributed by atoms with Gasteiger partial charge in [0.1, 0.15) is 0 Å². The first-order chi connectivity index (χ1) is 12.0. The van der Waals surface area contributed by atoms with Crippen molar-refractivity contribution in [3.8, 4) is 0 Å². The van der Waals surface area contributed by atoms with Crippen LogP contribution in [-0.2, 0) is 9.59 Å². The second-order valence-electron chi connectivity index (χ2n) is 6.58. The molecule has 3 rings (SSSR count). The Morgan fingerprint density at radius 2 is 1.76 bits per heavy atom. The van der Waals surface area contributed by atoms with Crippen LogP contribution in [0.5, 0.6) is 0 Å². The van der Waals surface area contributed by atoms with E-state index in [1.807, 2.05) is 48.5 Å². The molecule has 2 aromatic rings. The van der Waals surface area contributed by atoms with Crippen molar-refractivity contribution in [1.29, 1.82) is 0 Å². The van der Waals surface area contributed by atoms with E-state index in [0.29, 0.717) is 5.92 Å². The van der Waals surface area contributed by atoms with Crippen LogP contribution in [-0.4, -0.2) is 17.1 Å². The zero-order chi connectivity index (χ0) is 18.0. The van der Waals surface area contributed by atoms with Gasteiger partial charge in [-0.2, -0.15) is 0 Å². The zero-order valence-electron chi connectivity index (χ0n) is 14.6. The van der Waals surface area contributed by atoms with Crippen LogP contribution in [0.4, 0.5) is 11.4 Å². The maximum Gasteiger partial charge on any atom is 0.238 e. The number of para-hydroxylation sites is 1. The van der Waals surface area contributed by atoms with Crippen molar-refractivity contribution >= 4 is 35.0 Å². The minimum absolute atomic E-state index is 0.124. The first-order valence-corrected chi connectivity index (χ1v) is 9.31. The number of thioether (sulfide) groups is 1.